The molecule has 0 bridgehead atoms. The lowest BCUT2D eigenvalue weighted by Gasteiger charge is -2.29. The van der Waals surface area contributed by atoms with Gasteiger partial charge in [-0.15, -0.1) is 0 Å². The summed E-state index contributed by atoms with van der Waals surface area (Å²) < 4.78 is 10.8. The SMILES string of the molecule is O=C(NCCN1CCOCC1)c1n[nH]c2c1CN(C(=O)C1CCCO1)CC2. The highest BCUT2D eigenvalue weighted by atomic mass is 16.5. The van der Waals surface area contributed by atoms with Crippen LogP contribution in [0.5, 0.6) is 0 Å². The third-order valence-electron chi connectivity index (χ3n) is 5.48. The largest absolute Gasteiger partial charge is 0.379 e. The van der Waals surface area contributed by atoms with Gasteiger partial charge in [0.1, 0.15) is 6.10 Å². The van der Waals surface area contributed by atoms with Gasteiger partial charge >= 0.3 is 0 Å². The lowest BCUT2D eigenvalue weighted by atomic mass is 10.0. The molecule has 9 nitrogen and oxygen atoms in total. The van der Waals surface area contributed by atoms with E-state index in [2.05, 4.69) is 20.4 Å². The fraction of sp³-hybridized carbons (Fsp3) is 0.722. The molecule has 2 amide bonds. The third-order valence-corrected chi connectivity index (χ3v) is 5.48. The van der Waals surface area contributed by atoms with Crippen LogP contribution >= 0.6 is 0 Å². The maximum absolute atomic E-state index is 12.6. The molecule has 0 aliphatic carbocycles. The van der Waals surface area contributed by atoms with Crippen molar-refractivity contribution >= 4 is 11.8 Å². The highest BCUT2D eigenvalue weighted by Gasteiger charge is 2.33. The summed E-state index contributed by atoms with van der Waals surface area (Å²) in [6.45, 7) is 6.35. The molecule has 1 unspecified atom stereocenters. The highest BCUT2D eigenvalue weighted by molar-refractivity contribution is 5.94. The van der Waals surface area contributed by atoms with E-state index in [0.717, 1.165) is 56.9 Å². The zero-order chi connectivity index (χ0) is 18.6. The Morgan fingerprint density at radius 1 is 1.22 bits per heavy atom. The number of carbonyl (C=O) groups is 2. The molecule has 0 saturated carbocycles. The highest BCUT2D eigenvalue weighted by Crippen LogP contribution is 2.23. The Balaban J connectivity index is 1.34. The molecule has 4 rings (SSSR count). The van der Waals surface area contributed by atoms with E-state index in [1.54, 1.807) is 4.90 Å². The summed E-state index contributed by atoms with van der Waals surface area (Å²) >= 11 is 0. The summed E-state index contributed by atoms with van der Waals surface area (Å²) in [5.41, 5.74) is 2.18. The number of carbonyl (C=O) groups excluding carboxylic acids is 2. The minimum Gasteiger partial charge on any atom is -0.379 e. The second-order valence-corrected chi connectivity index (χ2v) is 7.25. The maximum atomic E-state index is 12.6. The van der Waals surface area contributed by atoms with Crippen molar-refractivity contribution in [3.05, 3.63) is 17.0 Å². The van der Waals surface area contributed by atoms with Crippen LogP contribution in [-0.4, -0.2) is 90.5 Å². The Labute approximate surface area is 158 Å². The number of H-pyrrole nitrogens is 1. The molecule has 2 saturated heterocycles. The van der Waals surface area contributed by atoms with Gasteiger partial charge in [-0.2, -0.15) is 5.10 Å². The molecule has 3 aliphatic heterocycles. The molecular formula is C18H27N5O4. The molecule has 0 spiro atoms. The van der Waals surface area contributed by atoms with E-state index in [1.807, 2.05) is 0 Å². The van der Waals surface area contributed by atoms with Gasteiger partial charge in [0.05, 0.1) is 13.2 Å². The average molecular weight is 377 g/mol. The third kappa shape index (κ3) is 4.15. The lowest BCUT2D eigenvalue weighted by molar-refractivity contribution is -0.141. The standard InChI is InChI=1S/C18H27N5O4/c24-17(19-4-6-22-7-10-26-11-8-22)16-13-12-23(5-3-14(13)20-21-16)18(25)15-2-1-9-27-15/h15H,1-12H2,(H,19,24)(H,20,21). The summed E-state index contributed by atoms with van der Waals surface area (Å²) in [7, 11) is 0. The van der Waals surface area contributed by atoms with Crippen LogP contribution in [0, 0.1) is 0 Å². The minimum atomic E-state index is -0.329. The van der Waals surface area contributed by atoms with Gasteiger partial charge in [-0.25, -0.2) is 0 Å². The number of hydrogen-bond donors (Lipinski definition) is 2. The maximum Gasteiger partial charge on any atom is 0.272 e. The van der Waals surface area contributed by atoms with Gasteiger partial charge in [-0.1, -0.05) is 0 Å². The molecule has 148 valence electrons. The van der Waals surface area contributed by atoms with Crippen molar-refractivity contribution in [3.63, 3.8) is 0 Å². The molecule has 27 heavy (non-hydrogen) atoms. The van der Waals surface area contributed by atoms with E-state index < -0.39 is 0 Å². The van der Waals surface area contributed by atoms with Crippen molar-refractivity contribution < 1.29 is 19.1 Å². The Morgan fingerprint density at radius 3 is 2.85 bits per heavy atom. The topological polar surface area (TPSA) is 99.8 Å². The van der Waals surface area contributed by atoms with Crippen molar-refractivity contribution in [2.24, 2.45) is 0 Å². The van der Waals surface area contributed by atoms with Gasteiger partial charge in [0, 0.05) is 63.6 Å². The van der Waals surface area contributed by atoms with Crippen molar-refractivity contribution in [1.82, 2.24) is 25.3 Å². The number of nitrogens with zero attached hydrogens (tertiary/aromatic N) is 3. The quantitative estimate of drug-likeness (QED) is 0.720. The molecular weight excluding hydrogens is 350 g/mol. The Hall–Kier alpha value is -1.97. The van der Waals surface area contributed by atoms with Gasteiger partial charge in [0.15, 0.2) is 5.69 Å². The zero-order valence-corrected chi connectivity index (χ0v) is 15.5. The summed E-state index contributed by atoms with van der Waals surface area (Å²) in [5, 5.41) is 10.1. The molecule has 1 atom stereocenters. The van der Waals surface area contributed by atoms with Crippen LogP contribution in [0.4, 0.5) is 0 Å². The van der Waals surface area contributed by atoms with Gasteiger partial charge in [0.2, 0.25) is 0 Å². The molecule has 0 radical (unpaired) electrons. The van der Waals surface area contributed by atoms with Gasteiger partial charge in [0.25, 0.3) is 11.8 Å². The lowest BCUT2D eigenvalue weighted by Crippen LogP contribution is -2.43. The molecule has 1 aromatic rings. The van der Waals surface area contributed by atoms with Crippen LogP contribution in [0.15, 0.2) is 0 Å². The first-order valence-electron chi connectivity index (χ1n) is 9.77. The van der Waals surface area contributed by atoms with E-state index in [1.165, 1.54) is 0 Å². The first kappa shape index (κ1) is 18.4. The number of fused-ring (bicyclic) bond motifs is 1. The molecule has 3 aliphatic rings. The molecule has 4 heterocycles. The Kier molecular flexibility index (Phi) is 5.70. The van der Waals surface area contributed by atoms with E-state index in [9.17, 15) is 9.59 Å². The summed E-state index contributed by atoms with van der Waals surface area (Å²) in [6.07, 6.45) is 2.06. The first-order chi connectivity index (χ1) is 13.2. The number of ether oxygens (including phenoxy) is 2. The summed E-state index contributed by atoms with van der Waals surface area (Å²) in [6, 6.07) is 0. The van der Waals surface area contributed by atoms with Gasteiger partial charge < -0.3 is 19.7 Å². The normalized spacial score (nSPS) is 23.3. The predicted octanol–water partition coefficient (Wildman–Crippen LogP) is -0.465. The zero-order valence-electron chi connectivity index (χ0n) is 15.5. The number of morpholine rings is 1. The van der Waals surface area contributed by atoms with E-state index in [0.29, 0.717) is 38.4 Å². The van der Waals surface area contributed by atoms with Crippen LogP contribution in [0.3, 0.4) is 0 Å². The molecule has 9 heteroatoms. The number of amides is 2. The Bertz CT molecular complexity index is 679. The van der Waals surface area contributed by atoms with Crippen LogP contribution in [0.25, 0.3) is 0 Å². The average Bonchev–Trinajstić information content (AvgIpc) is 3.37. The molecule has 2 fully saturated rings. The monoisotopic (exact) mass is 377 g/mol. The molecule has 1 aromatic heterocycles. The fourth-order valence-electron chi connectivity index (χ4n) is 3.88. The number of aromatic nitrogens is 2. The Morgan fingerprint density at radius 2 is 2.07 bits per heavy atom. The van der Waals surface area contributed by atoms with Crippen molar-refractivity contribution in [2.75, 3.05) is 52.5 Å². The fourth-order valence-corrected chi connectivity index (χ4v) is 3.88. The van der Waals surface area contributed by atoms with E-state index >= 15 is 0 Å². The van der Waals surface area contributed by atoms with E-state index in [-0.39, 0.29) is 17.9 Å². The van der Waals surface area contributed by atoms with Crippen LogP contribution < -0.4 is 5.32 Å². The van der Waals surface area contributed by atoms with Gasteiger partial charge in [-0.3, -0.25) is 19.6 Å². The van der Waals surface area contributed by atoms with Crippen LogP contribution in [0.1, 0.15) is 34.6 Å². The van der Waals surface area contributed by atoms with Gasteiger partial charge in [-0.05, 0) is 12.8 Å². The number of rotatable bonds is 5. The number of hydrogen-bond acceptors (Lipinski definition) is 6. The second kappa shape index (κ2) is 8.37. The number of aromatic amines is 1. The molecule has 2 N–H and O–H groups in total. The summed E-state index contributed by atoms with van der Waals surface area (Å²) in [4.78, 5) is 29.3. The molecule has 0 aromatic carbocycles. The summed E-state index contributed by atoms with van der Waals surface area (Å²) in [5.74, 6) is -0.162. The van der Waals surface area contributed by atoms with Crippen LogP contribution in [-0.2, 0) is 27.2 Å². The van der Waals surface area contributed by atoms with Crippen molar-refractivity contribution in [2.45, 2.75) is 31.9 Å². The van der Waals surface area contributed by atoms with Crippen LogP contribution in [0.2, 0.25) is 0 Å². The minimum absolute atomic E-state index is 0.0259. The first-order valence-corrected chi connectivity index (χ1v) is 9.77. The smallest absolute Gasteiger partial charge is 0.272 e. The van der Waals surface area contributed by atoms with Crippen molar-refractivity contribution in [3.8, 4) is 0 Å². The predicted molar refractivity (Wildman–Crippen MR) is 96.3 cm³/mol. The van der Waals surface area contributed by atoms with E-state index in [4.69, 9.17) is 9.47 Å². The number of nitrogens with one attached hydrogen (secondary N) is 2. The second-order valence-electron chi connectivity index (χ2n) is 7.25. The van der Waals surface area contributed by atoms with Crippen molar-refractivity contribution in [1.29, 1.82) is 0 Å².